The molecule has 0 amide bonds. The Kier molecular flexibility index (Phi) is 4.22. The Hall–Kier alpha value is -0.820. The lowest BCUT2D eigenvalue weighted by Gasteiger charge is -2.19. The van der Waals surface area contributed by atoms with Crippen LogP contribution < -0.4 is 0 Å². The zero-order valence-corrected chi connectivity index (χ0v) is 11.0. The summed E-state index contributed by atoms with van der Waals surface area (Å²) in [5.41, 5.74) is 2.57. The van der Waals surface area contributed by atoms with Crippen LogP contribution in [0.4, 0.5) is 0 Å². The fourth-order valence-electron chi connectivity index (χ4n) is 2.70. The Morgan fingerprint density at radius 1 is 1.29 bits per heavy atom. The highest BCUT2D eigenvalue weighted by Crippen LogP contribution is 2.43. The number of hydrogen-bond acceptors (Lipinski definition) is 1. The summed E-state index contributed by atoms with van der Waals surface area (Å²) in [7, 11) is 0. The number of hydrogen-bond donors (Lipinski definition) is 1. The van der Waals surface area contributed by atoms with Gasteiger partial charge in [0, 0.05) is 0 Å². The summed E-state index contributed by atoms with van der Waals surface area (Å²) in [6, 6.07) is 8.45. The van der Waals surface area contributed by atoms with Crippen molar-refractivity contribution in [2.24, 2.45) is 5.92 Å². The van der Waals surface area contributed by atoms with E-state index in [9.17, 15) is 5.11 Å². The maximum Gasteiger partial charge on any atom is 0.0795 e. The van der Waals surface area contributed by atoms with Crippen molar-refractivity contribution in [3.8, 4) is 0 Å². The molecule has 1 N–H and O–H groups in total. The van der Waals surface area contributed by atoms with Crippen molar-refractivity contribution in [3.63, 3.8) is 0 Å². The molecule has 1 heteroatoms. The summed E-state index contributed by atoms with van der Waals surface area (Å²) in [4.78, 5) is 0. The van der Waals surface area contributed by atoms with Gasteiger partial charge in [0.05, 0.1) is 6.10 Å². The van der Waals surface area contributed by atoms with Gasteiger partial charge in [0.25, 0.3) is 0 Å². The summed E-state index contributed by atoms with van der Waals surface area (Å²) in [6.07, 6.45) is 5.65. The fraction of sp³-hybridized carbons (Fsp3) is 0.625. The van der Waals surface area contributed by atoms with E-state index in [1.165, 1.54) is 36.8 Å². The Morgan fingerprint density at radius 2 is 2.00 bits per heavy atom. The molecule has 0 aliphatic heterocycles. The van der Waals surface area contributed by atoms with E-state index in [4.69, 9.17) is 0 Å². The molecule has 1 aliphatic carbocycles. The molecule has 1 fully saturated rings. The van der Waals surface area contributed by atoms with Gasteiger partial charge in [0.2, 0.25) is 0 Å². The molecular weight excluding hydrogens is 208 g/mol. The molecule has 0 heterocycles. The highest BCUT2D eigenvalue weighted by Gasteiger charge is 2.27. The van der Waals surface area contributed by atoms with E-state index in [0.29, 0.717) is 5.92 Å². The second-order valence-corrected chi connectivity index (χ2v) is 5.55. The molecule has 0 aromatic heterocycles. The normalized spacial score (nSPS) is 19.0. The van der Waals surface area contributed by atoms with Crippen LogP contribution in [0.25, 0.3) is 0 Å². The molecule has 1 saturated carbocycles. The Bertz CT molecular complexity index is 354. The zero-order valence-electron chi connectivity index (χ0n) is 11.0. The first-order valence-electron chi connectivity index (χ1n) is 6.99. The summed E-state index contributed by atoms with van der Waals surface area (Å²) in [5.74, 6) is 1.34. The molecule has 0 radical (unpaired) electrons. The fourth-order valence-corrected chi connectivity index (χ4v) is 2.70. The second kappa shape index (κ2) is 5.68. The first-order chi connectivity index (χ1) is 8.22. The van der Waals surface area contributed by atoms with Gasteiger partial charge < -0.3 is 5.11 Å². The molecule has 2 unspecified atom stereocenters. The van der Waals surface area contributed by atoms with Crippen LogP contribution >= 0.6 is 0 Å². The predicted molar refractivity (Wildman–Crippen MR) is 72.1 cm³/mol. The number of rotatable bonds is 6. The smallest absolute Gasteiger partial charge is 0.0795 e. The van der Waals surface area contributed by atoms with E-state index in [1.54, 1.807) is 0 Å². The standard InChI is InChI=1S/C16H24O/c1-3-6-12(2)11-16(17)15-8-5-4-7-14(15)13-9-10-13/h4-5,7-8,12-13,16-17H,3,6,9-11H2,1-2H3. The lowest BCUT2D eigenvalue weighted by Crippen LogP contribution is -2.06. The predicted octanol–water partition coefficient (Wildman–Crippen LogP) is 4.42. The van der Waals surface area contributed by atoms with Gasteiger partial charge in [-0.25, -0.2) is 0 Å². The lowest BCUT2D eigenvalue weighted by molar-refractivity contribution is 0.144. The Balaban J connectivity index is 2.05. The summed E-state index contributed by atoms with van der Waals surface area (Å²) in [5, 5.41) is 10.4. The topological polar surface area (TPSA) is 20.2 Å². The van der Waals surface area contributed by atoms with Crippen molar-refractivity contribution in [3.05, 3.63) is 35.4 Å². The average Bonchev–Trinajstić information content (AvgIpc) is 3.13. The van der Waals surface area contributed by atoms with Gasteiger partial charge in [-0.3, -0.25) is 0 Å². The van der Waals surface area contributed by atoms with Gasteiger partial charge in [-0.05, 0) is 42.2 Å². The zero-order chi connectivity index (χ0) is 12.3. The highest BCUT2D eigenvalue weighted by atomic mass is 16.3. The van der Waals surface area contributed by atoms with Gasteiger partial charge in [0.1, 0.15) is 0 Å². The number of aliphatic hydroxyl groups is 1. The van der Waals surface area contributed by atoms with Crippen LogP contribution in [0.3, 0.4) is 0 Å². The van der Waals surface area contributed by atoms with E-state index in [0.717, 1.165) is 12.3 Å². The minimum absolute atomic E-state index is 0.270. The van der Waals surface area contributed by atoms with E-state index < -0.39 is 0 Å². The van der Waals surface area contributed by atoms with Crippen LogP contribution in [-0.2, 0) is 0 Å². The summed E-state index contributed by atoms with van der Waals surface area (Å²) < 4.78 is 0. The van der Waals surface area contributed by atoms with Crippen molar-refractivity contribution < 1.29 is 5.11 Å². The minimum Gasteiger partial charge on any atom is -0.388 e. The van der Waals surface area contributed by atoms with Gasteiger partial charge in [0.15, 0.2) is 0 Å². The molecule has 1 aliphatic rings. The summed E-state index contributed by atoms with van der Waals surface area (Å²) >= 11 is 0. The number of benzene rings is 1. The van der Waals surface area contributed by atoms with Gasteiger partial charge in [-0.2, -0.15) is 0 Å². The SMILES string of the molecule is CCCC(C)CC(O)c1ccccc1C1CC1. The second-order valence-electron chi connectivity index (χ2n) is 5.55. The third-order valence-electron chi connectivity index (χ3n) is 3.78. The van der Waals surface area contributed by atoms with Crippen LogP contribution in [0.1, 0.15) is 69.1 Å². The minimum atomic E-state index is -0.270. The monoisotopic (exact) mass is 232 g/mol. The third kappa shape index (κ3) is 3.32. The molecule has 94 valence electrons. The molecule has 2 atom stereocenters. The quantitative estimate of drug-likeness (QED) is 0.769. The third-order valence-corrected chi connectivity index (χ3v) is 3.78. The van der Waals surface area contributed by atoms with E-state index >= 15 is 0 Å². The van der Waals surface area contributed by atoms with Crippen molar-refractivity contribution in [2.75, 3.05) is 0 Å². The highest BCUT2D eigenvalue weighted by molar-refractivity contribution is 5.34. The van der Waals surface area contributed by atoms with Crippen molar-refractivity contribution in [1.82, 2.24) is 0 Å². The number of aliphatic hydroxyl groups excluding tert-OH is 1. The molecular formula is C16H24O. The van der Waals surface area contributed by atoms with E-state index in [-0.39, 0.29) is 6.10 Å². The van der Waals surface area contributed by atoms with Crippen LogP contribution in [0, 0.1) is 5.92 Å². The molecule has 17 heavy (non-hydrogen) atoms. The maximum atomic E-state index is 10.4. The molecule has 0 bridgehead atoms. The van der Waals surface area contributed by atoms with Gasteiger partial charge in [-0.1, -0.05) is 51.0 Å². The maximum absolute atomic E-state index is 10.4. The van der Waals surface area contributed by atoms with Crippen molar-refractivity contribution >= 4 is 0 Å². The van der Waals surface area contributed by atoms with Crippen molar-refractivity contribution in [2.45, 2.75) is 58.0 Å². The molecule has 0 saturated heterocycles. The van der Waals surface area contributed by atoms with Crippen LogP contribution in [-0.4, -0.2) is 5.11 Å². The first kappa shape index (κ1) is 12.6. The van der Waals surface area contributed by atoms with Gasteiger partial charge in [-0.15, -0.1) is 0 Å². The van der Waals surface area contributed by atoms with Crippen LogP contribution in [0.5, 0.6) is 0 Å². The molecule has 1 aromatic carbocycles. The lowest BCUT2D eigenvalue weighted by atomic mass is 9.91. The van der Waals surface area contributed by atoms with E-state index in [1.807, 2.05) is 0 Å². The molecule has 0 spiro atoms. The molecule has 1 nitrogen and oxygen atoms in total. The first-order valence-corrected chi connectivity index (χ1v) is 6.99. The molecule has 1 aromatic rings. The van der Waals surface area contributed by atoms with Gasteiger partial charge >= 0.3 is 0 Å². The Labute approximate surface area is 105 Å². The van der Waals surface area contributed by atoms with E-state index in [2.05, 4.69) is 38.1 Å². The van der Waals surface area contributed by atoms with Crippen LogP contribution in [0.15, 0.2) is 24.3 Å². The summed E-state index contributed by atoms with van der Waals surface area (Å²) in [6.45, 7) is 4.45. The van der Waals surface area contributed by atoms with Crippen LogP contribution in [0.2, 0.25) is 0 Å². The Morgan fingerprint density at radius 3 is 2.65 bits per heavy atom. The van der Waals surface area contributed by atoms with Crippen molar-refractivity contribution in [1.29, 1.82) is 0 Å². The molecule has 2 rings (SSSR count). The average molecular weight is 232 g/mol. The largest absolute Gasteiger partial charge is 0.388 e.